The third-order valence-corrected chi connectivity index (χ3v) is 3.94. The summed E-state index contributed by atoms with van der Waals surface area (Å²) >= 11 is 0. The molecule has 2 aromatic carbocycles. The molecule has 0 spiro atoms. The van der Waals surface area contributed by atoms with E-state index >= 15 is 0 Å². The molecule has 0 aliphatic rings. The molecule has 0 saturated carbocycles. The lowest BCUT2D eigenvalue weighted by atomic mass is 10.0. The normalized spacial score (nSPS) is 11.6. The van der Waals surface area contributed by atoms with E-state index in [0.29, 0.717) is 11.5 Å². The largest absolute Gasteiger partial charge is 0.493 e. The highest BCUT2D eigenvalue weighted by Crippen LogP contribution is 2.27. The molecule has 2 amide bonds. The zero-order valence-corrected chi connectivity index (χ0v) is 16.1. The molecule has 0 aliphatic heterocycles. The van der Waals surface area contributed by atoms with Crippen molar-refractivity contribution in [3.63, 3.8) is 0 Å². The van der Waals surface area contributed by atoms with Gasteiger partial charge in [-0.25, -0.2) is 0 Å². The van der Waals surface area contributed by atoms with Gasteiger partial charge in [-0.05, 0) is 37.1 Å². The molecular weight excluding hydrogens is 344 g/mol. The Morgan fingerprint density at radius 2 is 1.59 bits per heavy atom. The summed E-state index contributed by atoms with van der Waals surface area (Å²) in [7, 11) is 3.10. The van der Waals surface area contributed by atoms with Gasteiger partial charge in [0.1, 0.15) is 6.04 Å². The molecular formula is C21H26N2O4. The molecule has 2 rings (SSSR count). The first-order valence-electron chi connectivity index (χ1n) is 8.80. The first kappa shape index (κ1) is 20.3. The zero-order chi connectivity index (χ0) is 19.8. The highest BCUT2D eigenvalue weighted by Gasteiger charge is 2.23. The summed E-state index contributed by atoms with van der Waals surface area (Å²) < 4.78 is 10.5. The number of ether oxygens (including phenoxy) is 2. The first-order chi connectivity index (χ1) is 12.9. The van der Waals surface area contributed by atoms with Crippen molar-refractivity contribution >= 4 is 11.8 Å². The van der Waals surface area contributed by atoms with Crippen LogP contribution in [-0.2, 0) is 16.0 Å². The zero-order valence-electron chi connectivity index (χ0n) is 16.1. The standard InChI is InChI=1S/C21H26N2O4/c1-14(2)22-21(25)20(16-8-6-5-7-9-16)23-19(24)13-15-10-11-17(26-3)18(12-15)27-4/h5-12,14,20H,13H2,1-4H3,(H,22,25)(H,23,24)/t20-/m0/s1. The van der Waals surface area contributed by atoms with Gasteiger partial charge in [0, 0.05) is 6.04 Å². The molecule has 0 fully saturated rings. The summed E-state index contributed by atoms with van der Waals surface area (Å²) in [6, 6.07) is 13.7. The Bertz CT molecular complexity index is 775. The van der Waals surface area contributed by atoms with E-state index < -0.39 is 6.04 Å². The van der Waals surface area contributed by atoms with Gasteiger partial charge in [0.15, 0.2) is 11.5 Å². The van der Waals surface area contributed by atoms with Crippen LogP contribution in [-0.4, -0.2) is 32.1 Å². The Kier molecular flexibility index (Phi) is 7.23. The van der Waals surface area contributed by atoms with Crippen molar-refractivity contribution in [3.8, 4) is 11.5 Å². The quantitative estimate of drug-likeness (QED) is 0.749. The van der Waals surface area contributed by atoms with Crippen molar-refractivity contribution in [2.45, 2.75) is 32.4 Å². The van der Waals surface area contributed by atoms with Crippen molar-refractivity contribution in [1.29, 1.82) is 0 Å². The van der Waals surface area contributed by atoms with Crippen molar-refractivity contribution in [3.05, 3.63) is 59.7 Å². The van der Waals surface area contributed by atoms with Crippen LogP contribution in [0, 0.1) is 0 Å². The van der Waals surface area contributed by atoms with Gasteiger partial charge in [-0.3, -0.25) is 9.59 Å². The van der Waals surface area contributed by atoms with E-state index in [1.54, 1.807) is 32.4 Å². The molecule has 0 aliphatic carbocycles. The Morgan fingerprint density at radius 1 is 0.926 bits per heavy atom. The molecule has 2 N–H and O–H groups in total. The van der Waals surface area contributed by atoms with E-state index in [9.17, 15) is 9.59 Å². The van der Waals surface area contributed by atoms with Gasteiger partial charge >= 0.3 is 0 Å². The van der Waals surface area contributed by atoms with Crippen molar-refractivity contribution < 1.29 is 19.1 Å². The molecule has 0 saturated heterocycles. The Labute approximate surface area is 159 Å². The van der Waals surface area contributed by atoms with Crippen LogP contribution in [0.4, 0.5) is 0 Å². The van der Waals surface area contributed by atoms with E-state index in [-0.39, 0.29) is 24.3 Å². The third-order valence-electron chi connectivity index (χ3n) is 3.94. The lowest BCUT2D eigenvalue weighted by Crippen LogP contribution is -2.43. The minimum atomic E-state index is -0.749. The van der Waals surface area contributed by atoms with Gasteiger partial charge in [0.25, 0.3) is 0 Å². The van der Waals surface area contributed by atoms with Crippen LogP contribution in [0.1, 0.15) is 31.0 Å². The maximum atomic E-state index is 12.6. The summed E-state index contributed by atoms with van der Waals surface area (Å²) in [5.74, 6) is 0.659. The van der Waals surface area contributed by atoms with E-state index in [1.165, 1.54) is 0 Å². The molecule has 0 aromatic heterocycles. The molecule has 0 radical (unpaired) electrons. The number of nitrogens with one attached hydrogen (secondary N) is 2. The van der Waals surface area contributed by atoms with Gasteiger partial charge in [-0.1, -0.05) is 36.4 Å². The fraction of sp³-hybridized carbons (Fsp3) is 0.333. The van der Waals surface area contributed by atoms with Gasteiger partial charge in [0.2, 0.25) is 11.8 Å². The average Bonchev–Trinajstić information content (AvgIpc) is 2.66. The maximum Gasteiger partial charge on any atom is 0.247 e. The highest BCUT2D eigenvalue weighted by molar-refractivity contribution is 5.89. The van der Waals surface area contributed by atoms with Crippen LogP contribution in [0.3, 0.4) is 0 Å². The summed E-state index contributed by atoms with van der Waals surface area (Å²) in [4.78, 5) is 25.1. The van der Waals surface area contributed by atoms with Crippen LogP contribution in [0.5, 0.6) is 11.5 Å². The predicted octanol–water partition coefficient (Wildman–Crippen LogP) is 2.63. The monoisotopic (exact) mass is 370 g/mol. The second kappa shape index (κ2) is 9.62. The number of carbonyl (C=O) groups excluding carboxylic acids is 2. The van der Waals surface area contributed by atoms with E-state index in [4.69, 9.17) is 9.47 Å². The van der Waals surface area contributed by atoms with Gasteiger partial charge in [-0.2, -0.15) is 0 Å². The third kappa shape index (κ3) is 5.74. The minimum absolute atomic E-state index is 0.0218. The maximum absolute atomic E-state index is 12.6. The van der Waals surface area contributed by atoms with Crippen LogP contribution >= 0.6 is 0 Å². The molecule has 6 heteroatoms. The summed E-state index contributed by atoms with van der Waals surface area (Å²) in [5.41, 5.74) is 1.50. The highest BCUT2D eigenvalue weighted by atomic mass is 16.5. The molecule has 0 heterocycles. The summed E-state index contributed by atoms with van der Waals surface area (Å²) in [6.07, 6.45) is 0.124. The van der Waals surface area contributed by atoms with Crippen molar-refractivity contribution in [2.24, 2.45) is 0 Å². The molecule has 144 valence electrons. The topological polar surface area (TPSA) is 76.7 Å². The smallest absolute Gasteiger partial charge is 0.247 e. The van der Waals surface area contributed by atoms with Crippen molar-refractivity contribution in [1.82, 2.24) is 10.6 Å². The number of benzene rings is 2. The SMILES string of the molecule is COc1ccc(CC(=O)N[C@H](C(=O)NC(C)C)c2ccccc2)cc1OC. The summed E-state index contributed by atoms with van der Waals surface area (Å²) in [6.45, 7) is 3.76. The second-order valence-corrected chi connectivity index (χ2v) is 6.44. The fourth-order valence-corrected chi connectivity index (χ4v) is 2.70. The molecule has 27 heavy (non-hydrogen) atoms. The van der Waals surface area contributed by atoms with Gasteiger partial charge in [-0.15, -0.1) is 0 Å². The van der Waals surface area contributed by atoms with Crippen LogP contribution in [0.25, 0.3) is 0 Å². The average molecular weight is 370 g/mol. The van der Waals surface area contributed by atoms with Crippen LogP contribution in [0.15, 0.2) is 48.5 Å². The lowest BCUT2D eigenvalue weighted by Gasteiger charge is -2.20. The Balaban J connectivity index is 2.15. The second-order valence-electron chi connectivity index (χ2n) is 6.44. The van der Waals surface area contributed by atoms with Crippen molar-refractivity contribution in [2.75, 3.05) is 14.2 Å². The molecule has 6 nitrogen and oxygen atoms in total. The fourth-order valence-electron chi connectivity index (χ4n) is 2.70. The minimum Gasteiger partial charge on any atom is -0.493 e. The van der Waals surface area contributed by atoms with E-state index in [1.807, 2.05) is 44.2 Å². The Morgan fingerprint density at radius 3 is 2.19 bits per heavy atom. The molecule has 1 atom stereocenters. The number of amides is 2. The van der Waals surface area contributed by atoms with Gasteiger partial charge in [0.05, 0.1) is 20.6 Å². The summed E-state index contributed by atoms with van der Waals surface area (Å²) in [5, 5.41) is 5.68. The van der Waals surface area contributed by atoms with Crippen LogP contribution < -0.4 is 20.1 Å². The molecule has 0 unspecified atom stereocenters. The number of carbonyl (C=O) groups is 2. The number of methoxy groups -OCH3 is 2. The first-order valence-corrected chi connectivity index (χ1v) is 8.80. The lowest BCUT2D eigenvalue weighted by molar-refractivity contribution is -0.129. The Hall–Kier alpha value is -3.02. The van der Waals surface area contributed by atoms with Gasteiger partial charge < -0.3 is 20.1 Å². The van der Waals surface area contributed by atoms with E-state index in [0.717, 1.165) is 11.1 Å². The number of rotatable bonds is 8. The molecule has 2 aromatic rings. The number of hydrogen-bond donors (Lipinski definition) is 2. The molecule has 0 bridgehead atoms. The predicted molar refractivity (Wildman–Crippen MR) is 104 cm³/mol. The van der Waals surface area contributed by atoms with E-state index in [2.05, 4.69) is 10.6 Å². The number of hydrogen-bond acceptors (Lipinski definition) is 4. The van der Waals surface area contributed by atoms with Crippen LogP contribution in [0.2, 0.25) is 0 Å².